The van der Waals surface area contributed by atoms with E-state index in [9.17, 15) is 22.8 Å². The Balaban J connectivity index is 1.48. The summed E-state index contributed by atoms with van der Waals surface area (Å²) < 4.78 is 32.1. The maximum atomic E-state index is 12.9. The second kappa shape index (κ2) is 12.3. The molecule has 1 heterocycles. The summed E-state index contributed by atoms with van der Waals surface area (Å²) in [6.45, 7) is 2.04. The number of thiol groups is 1. The average Bonchev–Trinajstić information content (AvgIpc) is 3.32. The van der Waals surface area contributed by atoms with Gasteiger partial charge < -0.3 is 15.4 Å². The van der Waals surface area contributed by atoms with E-state index in [0.29, 0.717) is 36.2 Å². The molecule has 35 heavy (non-hydrogen) atoms. The molecule has 1 saturated heterocycles. The molecule has 2 N–H and O–H groups in total. The Kier molecular flexibility index (Phi) is 9.44. The smallest absolute Gasteiger partial charge is 0.338 e. The highest BCUT2D eigenvalue weighted by Crippen LogP contribution is 2.24. The molecule has 1 fully saturated rings. The number of benzene rings is 2. The van der Waals surface area contributed by atoms with Crippen LogP contribution in [0.25, 0.3) is 0 Å². The highest BCUT2D eigenvalue weighted by atomic mass is 32.2. The van der Waals surface area contributed by atoms with Crippen molar-refractivity contribution < 1.29 is 27.5 Å². The number of anilines is 1. The van der Waals surface area contributed by atoms with Gasteiger partial charge in [-0.2, -0.15) is 4.31 Å². The number of hydrogen-bond acceptors (Lipinski definition) is 8. The highest BCUT2D eigenvalue weighted by Gasteiger charge is 2.38. The van der Waals surface area contributed by atoms with E-state index >= 15 is 0 Å². The highest BCUT2D eigenvalue weighted by molar-refractivity contribution is 7.88. The van der Waals surface area contributed by atoms with Crippen molar-refractivity contribution in [1.82, 2.24) is 9.62 Å². The van der Waals surface area contributed by atoms with E-state index < -0.39 is 22.0 Å². The van der Waals surface area contributed by atoms with Crippen molar-refractivity contribution in [2.75, 3.05) is 31.6 Å². The zero-order valence-electron chi connectivity index (χ0n) is 19.4. The lowest BCUT2D eigenvalue weighted by atomic mass is 10.1. The van der Waals surface area contributed by atoms with Gasteiger partial charge in [0.05, 0.1) is 37.1 Å². The first-order valence-corrected chi connectivity index (χ1v) is 13.3. The van der Waals surface area contributed by atoms with Crippen LogP contribution in [0, 0.1) is 0 Å². The largest absolute Gasteiger partial charge is 0.462 e. The Morgan fingerprint density at radius 2 is 1.74 bits per heavy atom. The molecule has 0 saturated carbocycles. The number of ether oxygens (including phenoxy) is 1. The summed E-state index contributed by atoms with van der Waals surface area (Å²) in [5, 5.41) is 5.46. The maximum absolute atomic E-state index is 12.9. The zero-order chi connectivity index (χ0) is 25.4. The Labute approximate surface area is 210 Å². The molecule has 0 aliphatic carbocycles. The van der Waals surface area contributed by atoms with Gasteiger partial charge in [-0.15, -0.1) is 12.6 Å². The van der Waals surface area contributed by atoms with Crippen LogP contribution in [0.1, 0.15) is 35.7 Å². The minimum atomic E-state index is -3.67. The Bertz CT molecular complexity index is 1150. The van der Waals surface area contributed by atoms with E-state index in [1.807, 2.05) is 0 Å². The number of amides is 1. The molecule has 1 aliphatic rings. The number of ketones is 1. The zero-order valence-corrected chi connectivity index (χ0v) is 21.1. The number of rotatable bonds is 11. The van der Waals surface area contributed by atoms with Crippen molar-refractivity contribution in [3.05, 3.63) is 59.7 Å². The first-order valence-electron chi connectivity index (χ1n) is 11.3. The van der Waals surface area contributed by atoms with Crippen molar-refractivity contribution in [2.45, 2.75) is 36.5 Å². The van der Waals surface area contributed by atoms with E-state index in [0.717, 1.165) is 4.90 Å². The lowest BCUT2D eigenvalue weighted by molar-refractivity contribution is -0.121. The normalized spacial score (nSPS) is 16.1. The number of esters is 1. The Morgan fingerprint density at radius 1 is 1.06 bits per heavy atom. The predicted octanol–water partition coefficient (Wildman–Crippen LogP) is 2.24. The van der Waals surface area contributed by atoms with Gasteiger partial charge in [0.25, 0.3) is 0 Å². The van der Waals surface area contributed by atoms with E-state index in [1.165, 1.54) is 4.31 Å². The molecule has 1 atom stereocenters. The molecule has 2 aromatic rings. The quantitative estimate of drug-likeness (QED) is 0.307. The summed E-state index contributed by atoms with van der Waals surface area (Å²) >= 11 is 4.21. The van der Waals surface area contributed by atoms with E-state index in [1.54, 1.807) is 55.5 Å². The molecule has 11 heteroatoms. The Hall–Kier alpha value is -2.73. The van der Waals surface area contributed by atoms with Crippen LogP contribution in [0.15, 0.2) is 53.4 Å². The van der Waals surface area contributed by atoms with Gasteiger partial charge >= 0.3 is 5.97 Å². The van der Waals surface area contributed by atoms with Crippen molar-refractivity contribution in [2.24, 2.45) is 0 Å². The molecule has 1 amide bonds. The molecule has 3 rings (SSSR count). The molecule has 1 unspecified atom stereocenters. The molecule has 9 nitrogen and oxygen atoms in total. The third kappa shape index (κ3) is 7.63. The summed E-state index contributed by atoms with van der Waals surface area (Å²) in [7, 11) is -3.67. The lowest BCUT2D eigenvalue weighted by Gasteiger charge is -2.23. The Morgan fingerprint density at radius 3 is 2.40 bits per heavy atom. The maximum Gasteiger partial charge on any atom is 0.338 e. The van der Waals surface area contributed by atoms with Gasteiger partial charge in [0.2, 0.25) is 15.9 Å². The lowest BCUT2D eigenvalue weighted by Crippen LogP contribution is -2.45. The summed E-state index contributed by atoms with van der Waals surface area (Å²) in [5.74, 6) is -1.27. The molecule has 0 bridgehead atoms. The SMILES string of the molecule is CCOC(=O)c1ccc(NC(=O)CNCC(=O)C2CCCN2S(=O)(=O)Cc2ccc(S)cc2)cc1. The minimum Gasteiger partial charge on any atom is -0.462 e. The van der Waals surface area contributed by atoms with Crippen LogP contribution in [0.3, 0.4) is 0 Å². The fraction of sp³-hybridized carbons (Fsp3) is 0.375. The summed E-state index contributed by atoms with van der Waals surface area (Å²) in [4.78, 5) is 37.4. The van der Waals surface area contributed by atoms with Gasteiger partial charge in [-0.25, -0.2) is 13.2 Å². The number of Topliss-reactive ketones (excluding diaryl/α,β-unsaturated/α-hetero) is 1. The molecular formula is C24H29N3O6S2. The summed E-state index contributed by atoms with van der Waals surface area (Å²) in [5.41, 5.74) is 1.50. The predicted molar refractivity (Wildman–Crippen MR) is 135 cm³/mol. The van der Waals surface area contributed by atoms with Crippen LogP contribution in [0.5, 0.6) is 0 Å². The molecule has 0 radical (unpaired) electrons. The average molecular weight is 520 g/mol. The second-order valence-corrected chi connectivity index (χ2v) is 10.5. The summed E-state index contributed by atoms with van der Waals surface area (Å²) in [6.07, 6.45) is 1.06. The van der Waals surface area contributed by atoms with Gasteiger partial charge in [-0.3, -0.25) is 9.59 Å². The number of sulfonamides is 1. The fourth-order valence-electron chi connectivity index (χ4n) is 3.81. The minimum absolute atomic E-state index is 0.124. The van der Waals surface area contributed by atoms with Crippen LogP contribution in [0.2, 0.25) is 0 Å². The summed E-state index contributed by atoms with van der Waals surface area (Å²) in [6, 6.07) is 12.4. The van der Waals surface area contributed by atoms with E-state index in [-0.39, 0.29) is 37.1 Å². The number of carbonyl (C=O) groups is 3. The molecule has 0 aromatic heterocycles. The molecule has 1 aliphatic heterocycles. The van der Waals surface area contributed by atoms with Crippen LogP contribution < -0.4 is 10.6 Å². The molecule has 0 spiro atoms. The van der Waals surface area contributed by atoms with Crippen LogP contribution in [-0.4, -0.2) is 62.7 Å². The van der Waals surface area contributed by atoms with Crippen molar-refractivity contribution in [3.63, 3.8) is 0 Å². The monoisotopic (exact) mass is 519 g/mol. The fourth-order valence-corrected chi connectivity index (χ4v) is 5.75. The van der Waals surface area contributed by atoms with Crippen molar-refractivity contribution in [1.29, 1.82) is 0 Å². The molecular weight excluding hydrogens is 490 g/mol. The van der Waals surface area contributed by atoms with E-state index in [4.69, 9.17) is 4.74 Å². The van der Waals surface area contributed by atoms with E-state index in [2.05, 4.69) is 23.3 Å². The first kappa shape index (κ1) is 26.9. The molecule has 188 valence electrons. The van der Waals surface area contributed by atoms with Gasteiger partial charge in [-0.1, -0.05) is 12.1 Å². The van der Waals surface area contributed by atoms with Gasteiger partial charge in [-0.05, 0) is 61.7 Å². The van der Waals surface area contributed by atoms with Gasteiger partial charge in [0.1, 0.15) is 0 Å². The van der Waals surface area contributed by atoms with Gasteiger partial charge in [0.15, 0.2) is 5.78 Å². The van der Waals surface area contributed by atoms with Crippen molar-refractivity contribution in [3.8, 4) is 0 Å². The first-order chi connectivity index (χ1) is 16.7. The third-order valence-corrected chi connectivity index (χ3v) is 7.63. The number of carbonyl (C=O) groups excluding carboxylic acids is 3. The van der Waals surface area contributed by atoms with Crippen LogP contribution in [-0.2, 0) is 30.1 Å². The number of nitrogens with one attached hydrogen (secondary N) is 2. The second-order valence-electron chi connectivity index (χ2n) is 8.11. The van der Waals surface area contributed by atoms with Crippen LogP contribution >= 0.6 is 12.6 Å². The molecule has 2 aromatic carbocycles. The van der Waals surface area contributed by atoms with Crippen molar-refractivity contribution >= 4 is 46.0 Å². The number of nitrogens with zero attached hydrogens (tertiary/aromatic N) is 1. The number of hydrogen-bond donors (Lipinski definition) is 3. The standard InChI is InChI=1S/C24H29N3O6S2/c1-2-33-24(30)18-7-9-19(10-8-18)26-23(29)15-25-14-22(28)21-4-3-13-27(21)35(31,32)16-17-5-11-20(34)12-6-17/h5-12,21,25,34H,2-4,13-16H2,1H3,(H,26,29). The topological polar surface area (TPSA) is 122 Å². The third-order valence-electron chi connectivity index (χ3n) is 5.48. The van der Waals surface area contributed by atoms with Gasteiger partial charge in [0, 0.05) is 17.1 Å². The van der Waals surface area contributed by atoms with Crippen LogP contribution in [0.4, 0.5) is 5.69 Å².